The second kappa shape index (κ2) is 7.09. The van der Waals surface area contributed by atoms with E-state index >= 15 is 0 Å². The molecule has 0 aliphatic carbocycles. The number of hydrogen-bond acceptors (Lipinski definition) is 5. The van der Waals surface area contributed by atoms with E-state index in [1.165, 1.54) is 30.0 Å². The standard InChI is InChI=1S/C13H18N2O3S2/c1-9-6-11(7-14)4-5-13(9)20(17,18)15-10(2)12(8-16)19-3/h4-6,10,12,15-16H,8H2,1-3H3. The first-order valence-corrected chi connectivity index (χ1v) is 8.79. The van der Waals surface area contributed by atoms with Crippen LogP contribution in [0.3, 0.4) is 0 Å². The fourth-order valence-electron chi connectivity index (χ4n) is 1.84. The van der Waals surface area contributed by atoms with Crippen LogP contribution in [0.5, 0.6) is 0 Å². The number of nitriles is 1. The van der Waals surface area contributed by atoms with Crippen molar-refractivity contribution in [2.24, 2.45) is 0 Å². The maximum absolute atomic E-state index is 12.3. The summed E-state index contributed by atoms with van der Waals surface area (Å²) in [6, 6.07) is 6.02. The number of hydrogen-bond donors (Lipinski definition) is 2. The molecule has 0 fully saturated rings. The molecule has 0 aliphatic heterocycles. The van der Waals surface area contributed by atoms with Gasteiger partial charge in [-0.2, -0.15) is 17.0 Å². The smallest absolute Gasteiger partial charge is 0.241 e. The Morgan fingerprint density at radius 3 is 2.60 bits per heavy atom. The molecule has 5 nitrogen and oxygen atoms in total. The minimum absolute atomic E-state index is 0.1000. The van der Waals surface area contributed by atoms with Gasteiger partial charge in [-0.1, -0.05) is 0 Å². The SMILES string of the molecule is CSC(CO)C(C)NS(=O)(=O)c1ccc(C#N)cc1C. The maximum Gasteiger partial charge on any atom is 0.241 e. The second-order valence-electron chi connectivity index (χ2n) is 4.46. The molecule has 110 valence electrons. The van der Waals surface area contributed by atoms with Gasteiger partial charge in [0, 0.05) is 11.3 Å². The summed E-state index contributed by atoms with van der Waals surface area (Å²) in [5.74, 6) is 0. The van der Waals surface area contributed by atoms with Crippen molar-refractivity contribution in [3.8, 4) is 6.07 Å². The highest BCUT2D eigenvalue weighted by Gasteiger charge is 2.24. The average Bonchev–Trinajstić information content (AvgIpc) is 2.38. The number of benzene rings is 1. The Kier molecular flexibility index (Phi) is 6.02. The van der Waals surface area contributed by atoms with Crippen molar-refractivity contribution in [2.45, 2.75) is 30.0 Å². The van der Waals surface area contributed by atoms with E-state index in [1.807, 2.05) is 12.3 Å². The quantitative estimate of drug-likeness (QED) is 0.825. The van der Waals surface area contributed by atoms with Crippen LogP contribution in [0.2, 0.25) is 0 Å². The van der Waals surface area contributed by atoms with Crippen LogP contribution in [0.25, 0.3) is 0 Å². The number of nitrogens with zero attached hydrogens (tertiary/aromatic N) is 1. The van der Waals surface area contributed by atoms with E-state index in [-0.39, 0.29) is 16.8 Å². The van der Waals surface area contributed by atoms with Gasteiger partial charge in [0.25, 0.3) is 0 Å². The molecule has 2 unspecified atom stereocenters. The molecule has 0 bridgehead atoms. The lowest BCUT2D eigenvalue weighted by molar-refractivity contribution is 0.282. The number of aryl methyl sites for hydroxylation is 1. The van der Waals surface area contributed by atoms with Crippen molar-refractivity contribution in [3.63, 3.8) is 0 Å². The van der Waals surface area contributed by atoms with E-state index in [4.69, 9.17) is 5.26 Å². The number of aliphatic hydroxyl groups excluding tert-OH is 1. The first kappa shape index (κ1) is 17.0. The molecule has 2 N–H and O–H groups in total. The number of sulfonamides is 1. The van der Waals surface area contributed by atoms with Crippen molar-refractivity contribution < 1.29 is 13.5 Å². The summed E-state index contributed by atoms with van der Waals surface area (Å²) >= 11 is 1.40. The van der Waals surface area contributed by atoms with Crippen LogP contribution in [0.1, 0.15) is 18.1 Å². The first-order valence-electron chi connectivity index (χ1n) is 6.02. The van der Waals surface area contributed by atoms with Gasteiger partial charge in [-0.3, -0.25) is 0 Å². The zero-order valence-corrected chi connectivity index (χ0v) is 13.3. The Bertz CT molecular complexity index is 605. The van der Waals surface area contributed by atoms with E-state index in [1.54, 1.807) is 13.8 Å². The highest BCUT2D eigenvalue weighted by atomic mass is 32.2. The van der Waals surface area contributed by atoms with E-state index < -0.39 is 16.1 Å². The minimum atomic E-state index is -3.66. The van der Waals surface area contributed by atoms with Crippen molar-refractivity contribution in [3.05, 3.63) is 29.3 Å². The van der Waals surface area contributed by atoms with Gasteiger partial charge >= 0.3 is 0 Å². The van der Waals surface area contributed by atoms with E-state index in [0.717, 1.165) is 0 Å². The molecule has 1 aromatic rings. The Balaban J connectivity index is 3.03. The van der Waals surface area contributed by atoms with Gasteiger partial charge in [0.2, 0.25) is 10.0 Å². The Morgan fingerprint density at radius 1 is 1.50 bits per heavy atom. The molecule has 0 aromatic heterocycles. The molecule has 0 aliphatic rings. The Morgan fingerprint density at radius 2 is 2.15 bits per heavy atom. The molecule has 20 heavy (non-hydrogen) atoms. The lowest BCUT2D eigenvalue weighted by atomic mass is 10.2. The average molecular weight is 314 g/mol. The molecule has 2 atom stereocenters. The third-order valence-electron chi connectivity index (χ3n) is 2.97. The lowest BCUT2D eigenvalue weighted by Gasteiger charge is -2.21. The second-order valence-corrected chi connectivity index (χ2v) is 7.22. The van der Waals surface area contributed by atoms with Gasteiger partial charge in [0.1, 0.15) is 0 Å². The largest absolute Gasteiger partial charge is 0.395 e. The summed E-state index contributed by atoms with van der Waals surface area (Å²) in [6.45, 7) is 3.27. The maximum atomic E-state index is 12.3. The van der Waals surface area contributed by atoms with Gasteiger partial charge in [-0.15, -0.1) is 0 Å². The molecule has 1 rings (SSSR count). The molecule has 0 saturated heterocycles. The van der Waals surface area contributed by atoms with Gasteiger partial charge in [0.15, 0.2) is 0 Å². The van der Waals surface area contributed by atoms with Gasteiger partial charge in [0.05, 0.1) is 23.1 Å². The summed E-state index contributed by atoms with van der Waals surface area (Å²) in [4.78, 5) is 0.154. The lowest BCUT2D eigenvalue weighted by Crippen LogP contribution is -2.41. The van der Waals surface area contributed by atoms with Crippen molar-refractivity contribution in [1.82, 2.24) is 4.72 Å². The number of rotatable bonds is 6. The van der Waals surface area contributed by atoms with Crippen LogP contribution in [0.4, 0.5) is 0 Å². The monoisotopic (exact) mass is 314 g/mol. The minimum Gasteiger partial charge on any atom is -0.395 e. The van der Waals surface area contributed by atoms with Crippen LogP contribution >= 0.6 is 11.8 Å². The molecule has 0 spiro atoms. The predicted molar refractivity (Wildman–Crippen MR) is 80.1 cm³/mol. The molecule has 0 amide bonds. The molecule has 0 heterocycles. The Labute approximate surface area is 124 Å². The van der Waals surface area contributed by atoms with E-state index in [2.05, 4.69) is 4.72 Å². The fourth-order valence-corrected chi connectivity index (χ4v) is 4.06. The van der Waals surface area contributed by atoms with Crippen LogP contribution in [-0.2, 0) is 10.0 Å². The van der Waals surface area contributed by atoms with Crippen LogP contribution < -0.4 is 4.72 Å². The third kappa shape index (κ3) is 3.96. The zero-order chi connectivity index (χ0) is 15.3. The van der Waals surface area contributed by atoms with Gasteiger partial charge in [-0.25, -0.2) is 13.1 Å². The summed E-state index contributed by atoms with van der Waals surface area (Å²) in [7, 11) is -3.66. The predicted octanol–water partition coefficient (Wildman–Crippen LogP) is 1.26. The fraction of sp³-hybridized carbons (Fsp3) is 0.462. The molecular formula is C13H18N2O3S2. The van der Waals surface area contributed by atoms with Crippen molar-refractivity contribution in [2.75, 3.05) is 12.9 Å². The third-order valence-corrected chi connectivity index (χ3v) is 5.86. The molecule has 1 aromatic carbocycles. The van der Waals surface area contributed by atoms with Gasteiger partial charge < -0.3 is 5.11 Å². The highest BCUT2D eigenvalue weighted by Crippen LogP contribution is 2.18. The topological polar surface area (TPSA) is 90.2 Å². The van der Waals surface area contributed by atoms with Crippen LogP contribution in [0, 0.1) is 18.3 Å². The van der Waals surface area contributed by atoms with Gasteiger partial charge in [-0.05, 0) is 43.9 Å². The van der Waals surface area contributed by atoms with E-state index in [0.29, 0.717) is 11.1 Å². The van der Waals surface area contributed by atoms with Crippen molar-refractivity contribution in [1.29, 1.82) is 5.26 Å². The number of aliphatic hydroxyl groups is 1. The summed E-state index contributed by atoms with van der Waals surface area (Å²) < 4.78 is 27.2. The highest BCUT2D eigenvalue weighted by molar-refractivity contribution is 7.99. The normalized spacial score (nSPS) is 14.6. The summed E-state index contributed by atoms with van der Waals surface area (Å²) in [5, 5.41) is 17.8. The molecule has 0 saturated carbocycles. The number of nitrogens with one attached hydrogen (secondary N) is 1. The van der Waals surface area contributed by atoms with Crippen molar-refractivity contribution >= 4 is 21.8 Å². The zero-order valence-electron chi connectivity index (χ0n) is 11.6. The summed E-state index contributed by atoms with van der Waals surface area (Å²) in [6.07, 6.45) is 1.82. The summed E-state index contributed by atoms with van der Waals surface area (Å²) in [5.41, 5.74) is 0.945. The number of thioether (sulfide) groups is 1. The van der Waals surface area contributed by atoms with E-state index in [9.17, 15) is 13.5 Å². The molecule has 7 heteroatoms. The van der Waals surface area contributed by atoms with Crippen LogP contribution in [-0.4, -0.2) is 37.7 Å². The van der Waals surface area contributed by atoms with Crippen LogP contribution in [0.15, 0.2) is 23.1 Å². The Hall–Kier alpha value is -1.07. The molecule has 0 radical (unpaired) electrons. The first-order chi connectivity index (χ1) is 9.35. The molecular weight excluding hydrogens is 296 g/mol.